The van der Waals surface area contributed by atoms with Gasteiger partial charge < -0.3 is 10.1 Å². The van der Waals surface area contributed by atoms with Crippen molar-refractivity contribution in [2.45, 2.75) is 31.3 Å². The zero-order valence-electron chi connectivity index (χ0n) is 14.4. The van der Waals surface area contributed by atoms with Crippen molar-refractivity contribution in [2.24, 2.45) is 0 Å². The number of amides is 1. The average molecular weight is 359 g/mol. The number of hydrogen-bond acceptors (Lipinski definition) is 4. The van der Waals surface area contributed by atoms with Crippen LogP contribution in [-0.4, -0.2) is 28.4 Å². The molecular formula is C19H21NO4S. The van der Waals surface area contributed by atoms with Gasteiger partial charge in [0.2, 0.25) is 0 Å². The van der Waals surface area contributed by atoms with Crippen LogP contribution < -0.4 is 5.32 Å². The molecule has 0 unspecified atom stereocenters. The van der Waals surface area contributed by atoms with Gasteiger partial charge in [-0.1, -0.05) is 31.2 Å². The number of benzene rings is 2. The largest absolute Gasteiger partial charge is 0.449 e. The summed E-state index contributed by atoms with van der Waals surface area (Å²) in [5.41, 5.74) is 2.01. The highest BCUT2D eigenvalue weighted by molar-refractivity contribution is 7.84. The molecule has 5 nitrogen and oxygen atoms in total. The van der Waals surface area contributed by atoms with Crippen molar-refractivity contribution < 1.29 is 18.5 Å². The number of esters is 1. The number of nitrogens with one attached hydrogen (secondary N) is 1. The highest BCUT2D eigenvalue weighted by Gasteiger charge is 2.21. The van der Waals surface area contributed by atoms with Crippen LogP contribution in [0.4, 0.5) is 5.69 Å². The molecule has 0 aliphatic carbocycles. The SMILES string of the molecule is CCc1ccc(NC(=O)[C@H](C)OC(=O)c2ccccc2[S@@](C)=O)cc1. The molecule has 132 valence electrons. The van der Waals surface area contributed by atoms with Gasteiger partial charge in [0.1, 0.15) is 0 Å². The zero-order chi connectivity index (χ0) is 18.4. The third-order valence-electron chi connectivity index (χ3n) is 3.70. The first-order valence-corrected chi connectivity index (χ1v) is 9.51. The number of hydrogen-bond donors (Lipinski definition) is 1. The number of ether oxygens (including phenoxy) is 1. The van der Waals surface area contributed by atoms with Crippen molar-refractivity contribution in [3.63, 3.8) is 0 Å². The maximum atomic E-state index is 12.3. The molecule has 0 aromatic heterocycles. The molecule has 0 bridgehead atoms. The Balaban J connectivity index is 2.03. The fourth-order valence-electron chi connectivity index (χ4n) is 2.23. The number of aryl methyl sites for hydroxylation is 1. The summed E-state index contributed by atoms with van der Waals surface area (Å²) < 4.78 is 16.9. The van der Waals surface area contributed by atoms with Crippen molar-refractivity contribution in [1.29, 1.82) is 0 Å². The van der Waals surface area contributed by atoms with E-state index in [0.717, 1.165) is 6.42 Å². The first-order valence-electron chi connectivity index (χ1n) is 7.95. The van der Waals surface area contributed by atoms with Gasteiger partial charge in [-0.2, -0.15) is 0 Å². The predicted molar refractivity (Wildman–Crippen MR) is 98.1 cm³/mol. The lowest BCUT2D eigenvalue weighted by Gasteiger charge is -2.14. The second-order valence-electron chi connectivity index (χ2n) is 5.54. The van der Waals surface area contributed by atoms with E-state index >= 15 is 0 Å². The zero-order valence-corrected chi connectivity index (χ0v) is 15.3. The van der Waals surface area contributed by atoms with E-state index in [4.69, 9.17) is 4.74 Å². The minimum Gasteiger partial charge on any atom is -0.449 e. The van der Waals surface area contributed by atoms with Gasteiger partial charge in [-0.15, -0.1) is 0 Å². The molecule has 0 saturated heterocycles. The van der Waals surface area contributed by atoms with Gasteiger partial charge in [0.05, 0.1) is 21.3 Å². The molecule has 1 amide bonds. The smallest absolute Gasteiger partial charge is 0.340 e. The highest BCUT2D eigenvalue weighted by Crippen LogP contribution is 2.15. The molecule has 0 aliphatic rings. The van der Waals surface area contributed by atoms with E-state index in [1.165, 1.54) is 24.8 Å². The maximum Gasteiger partial charge on any atom is 0.340 e. The van der Waals surface area contributed by atoms with Gasteiger partial charge in [-0.25, -0.2) is 4.79 Å². The normalized spacial score (nSPS) is 12.9. The van der Waals surface area contributed by atoms with Crippen molar-refractivity contribution in [1.82, 2.24) is 0 Å². The average Bonchev–Trinajstić information content (AvgIpc) is 2.62. The third kappa shape index (κ3) is 5.00. The predicted octanol–water partition coefficient (Wildman–Crippen LogP) is 3.17. The number of anilines is 1. The van der Waals surface area contributed by atoms with E-state index in [-0.39, 0.29) is 5.56 Å². The Morgan fingerprint density at radius 3 is 2.36 bits per heavy atom. The van der Waals surface area contributed by atoms with Crippen LogP contribution in [0.1, 0.15) is 29.8 Å². The number of rotatable bonds is 6. The summed E-state index contributed by atoms with van der Waals surface area (Å²) in [5, 5.41) is 2.71. The molecule has 2 aromatic carbocycles. The van der Waals surface area contributed by atoms with Crippen LogP contribution in [0.3, 0.4) is 0 Å². The van der Waals surface area contributed by atoms with Gasteiger partial charge in [-0.3, -0.25) is 9.00 Å². The first-order chi connectivity index (χ1) is 11.9. The molecule has 25 heavy (non-hydrogen) atoms. The molecule has 0 heterocycles. The lowest BCUT2D eigenvalue weighted by molar-refractivity contribution is -0.123. The molecule has 0 radical (unpaired) electrons. The van der Waals surface area contributed by atoms with Gasteiger partial charge in [0.25, 0.3) is 5.91 Å². The van der Waals surface area contributed by atoms with Gasteiger partial charge >= 0.3 is 5.97 Å². The monoisotopic (exact) mass is 359 g/mol. The molecule has 2 aromatic rings. The maximum absolute atomic E-state index is 12.3. The lowest BCUT2D eigenvalue weighted by Crippen LogP contribution is -2.30. The standard InChI is InChI=1S/C19H21NO4S/c1-4-14-9-11-15(12-10-14)20-18(21)13(2)24-19(22)16-7-5-6-8-17(16)25(3)23/h5-13H,4H2,1-3H3,(H,20,21)/t13-,25+/m0/s1. The Bertz CT molecular complexity index is 786. The molecule has 1 N–H and O–H groups in total. The molecule has 0 spiro atoms. The molecule has 2 rings (SSSR count). The molecule has 0 aliphatic heterocycles. The van der Waals surface area contributed by atoms with E-state index < -0.39 is 28.8 Å². The Labute approximate surface area is 149 Å². The topological polar surface area (TPSA) is 72.5 Å². The molecule has 6 heteroatoms. The van der Waals surface area contributed by atoms with Crippen LogP contribution in [0.2, 0.25) is 0 Å². The fourth-order valence-corrected chi connectivity index (χ4v) is 2.96. The van der Waals surface area contributed by atoms with Crippen molar-refractivity contribution in [3.8, 4) is 0 Å². The van der Waals surface area contributed by atoms with Gasteiger partial charge in [0, 0.05) is 11.9 Å². The molecule has 2 atom stereocenters. The van der Waals surface area contributed by atoms with E-state index in [2.05, 4.69) is 12.2 Å². The van der Waals surface area contributed by atoms with Gasteiger partial charge in [-0.05, 0) is 43.2 Å². The van der Waals surface area contributed by atoms with E-state index in [1.54, 1.807) is 30.3 Å². The molecular weight excluding hydrogens is 338 g/mol. The Hall–Kier alpha value is -2.47. The van der Waals surface area contributed by atoms with E-state index in [1.807, 2.05) is 12.1 Å². The minimum absolute atomic E-state index is 0.204. The Kier molecular flexibility index (Phi) is 6.47. The lowest BCUT2D eigenvalue weighted by atomic mass is 10.1. The van der Waals surface area contributed by atoms with Crippen molar-refractivity contribution in [2.75, 3.05) is 11.6 Å². The van der Waals surface area contributed by atoms with Crippen LogP contribution in [0.15, 0.2) is 53.4 Å². The van der Waals surface area contributed by atoms with Crippen LogP contribution >= 0.6 is 0 Å². The molecule has 0 saturated carbocycles. The summed E-state index contributed by atoms with van der Waals surface area (Å²) in [5.74, 6) is -1.09. The first kappa shape index (κ1) is 18.9. The molecule has 0 fully saturated rings. The second-order valence-corrected chi connectivity index (χ2v) is 6.89. The Morgan fingerprint density at radius 1 is 1.12 bits per heavy atom. The summed E-state index contributed by atoms with van der Waals surface area (Å²) in [6, 6.07) is 14.0. The van der Waals surface area contributed by atoms with Crippen molar-refractivity contribution in [3.05, 3.63) is 59.7 Å². The summed E-state index contributed by atoms with van der Waals surface area (Å²) in [7, 11) is -1.32. The second kappa shape index (κ2) is 8.58. The van der Waals surface area contributed by atoms with Crippen LogP contribution in [0.25, 0.3) is 0 Å². The minimum atomic E-state index is -1.32. The highest BCUT2D eigenvalue weighted by atomic mass is 32.2. The van der Waals surface area contributed by atoms with Crippen LogP contribution in [0.5, 0.6) is 0 Å². The quantitative estimate of drug-likeness (QED) is 0.804. The summed E-state index contributed by atoms with van der Waals surface area (Å²) in [4.78, 5) is 24.9. The Morgan fingerprint density at radius 2 is 1.76 bits per heavy atom. The number of carbonyl (C=O) groups excluding carboxylic acids is 2. The summed E-state index contributed by atoms with van der Waals surface area (Å²) >= 11 is 0. The summed E-state index contributed by atoms with van der Waals surface area (Å²) in [6.45, 7) is 3.55. The van der Waals surface area contributed by atoms with Crippen LogP contribution in [-0.2, 0) is 26.8 Å². The van der Waals surface area contributed by atoms with E-state index in [9.17, 15) is 13.8 Å². The van der Waals surface area contributed by atoms with Crippen molar-refractivity contribution >= 4 is 28.4 Å². The number of carbonyl (C=O) groups is 2. The third-order valence-corrected chi connectivity index (χ3v) is 4.67. The fraction of sp³-hybridized carbons (Fsp3) is 0.263. The van der Waals surface area contributed by atoms with Gasteiger partial charge in [0.15, 0.2) is 6.10 Å². The summed E-state index contributed by atoms with van der Waals surface area (Å²) in [6.07, 6.45) is 1.43. The van der Waals surface area contributed by atoms with E-state index in [0.29, 0.717) is 10.6 Å². The van der Waals surface area contributed by atoms with Crippen LogP contribution in [0, 0.1) is 0 Å².